The first-order valence-corrected chi connectivity index (χ1v) is 6.22. The van der Waals surface area contributed by atoms with Crippen LogP contribution in [0.4, 0.5) is 0 Å². The topological polar surface area (TPSA) is 58.0 Å². The Morgan fingerprint density at radius 3 is 1.95 bits per heavy atom. The largest absolute Gasteiger partial charge is 0.296 e. The SMILES string of the molecule is N=C1C(=O)c2ccccc2C(=O)C1=Cc1ccccc1. The van der Waals surface area contributed by atoms with E-state index < -0.39 is 5.78 Å². The van der Waals surface area contributed by atoms with Crippen molar-refractivity contribution >= 4 is 23.4 Å². The van der Waals surface area contributed by atoms with Gasteiger partial charge in [0.2, 0.25) is 5.78 Å². The van der Waals surface area contributed by atoms with Crippen molar-refractivity contribution in [2.24, 2.45) is 0 Å². The molecule has 0 bridgehead atoms. The van der Waals surface area contributed by atoms with Crippen molar-refractivity contribution in [1.29, 1.82) is 5.41 Å². The summed E-state index contributed by atoms with van der Waals surface area (Å²) < 4.78 is 0. The van der Waals surface area contributed by atoms with Crippen LogP contribution in [0.25, 0.3) is 6.08 Å². The van der Waals surface area contributed by atoms with Gasteiger partial charge in [-0.2, -0.15) is 0 Å². The van der Waals surface area contributed by atoms with Crippen LogP contribution in [0.1, 0.15) is 26.3 Å². The van der Waals surface area contributed by atoms with Gasteiger partial charge in [0.15, 0.2) is 5.78 Å². The first-order chi connectivity index (χ1) is 9.68. The summed E-state index contributed by atoms with van der Waals surface area (Å²) >= 11 is 0. The zero-order valence-corrected chi connectivity index (χ0v) is 10.6. The van der Waals surface area contributed by atoms with Gasteiger partial charge >= 0.3 is 0 Å². The highest BCUT2D eigenvalue weighted by atomic mass is 16.1. The molecule has 0 unspecified atom stereocenters. The average molecular weight is 261 g/mol. The summed E-state index contributed by atoms with van der Waals surface area (Å²) in [5, 5.41) is 7.92. The third-order valence-electron chi connectivity index (χ3n) is 3.27. The zero-order valence-electron chi connectivity index (χ0n) is 10.6. The fourth-order valence-electron chi connectivity index (χ4n) is 2.25. The molecule has 2 aromatic carbocycles. The Hall–Kier alpha value is -2.81. The Morgan fingerprint density at radius 1 is 0.750 bits per heavy atom. The van der Waals surface area contributed by atoms with Gasteiger partial charge in [0.25, 0.3) is 0 Å². The minimum absolute atomic E-state index is 0.153. The molecule has 0 radical (unpaired) electrons. The van der Waals surface area contributed by atoms with Gasteiger partial charge in [-0.3, -0.25) is 15.0 Å². The summed E-state index contributed by atoms with van der Waals surface area (Å²) in [6, 6.07) is 15.9. The Balaban J connectivity index is 2.15. The van der Waals surface area contributed by atoms with Crippen LogP contribution in [-0.4, -0.2) is 17.3 Å². The van der Waals surface area contributed by atoms with Crippen molar-refractivity contribution in [3.8, 4) is 0 Å². The predicted octanol–water partition coefficient (Wildman–Crippen LogP) is 3.17. The molecule has 0 saturated carbocycles. The number of benzene rings is 2. The first kappa shape index (κ1) is 12.2. The van der Waals surface area contributed by atoms with Crippen LogP contribution < -0.4 is 0 Å². The molecular formula is C17H11NO2. The van der Waals surface area contributed by atoms with E-state index in [1.54, 1.807) is 30.3 Å². The van der Waals surface area contributed by atoms with Crippen LogP contribution in [0.3, 0.4) is 0 Å². The fraction of sp³-hybridized carbons (Fsp3) is 0. The highest BCUT2D eigenvalue weighted by Crippen LogP contribution is 2.24. The molecule has 0 atom stereocenters. The number of carbonyl (C=O) groups excluding carboxylic acids is 2. The normalized spacial score (nSPS) is 16.4. The van der Waals surface area contributed by atoms with Crippen LogP contribution in [0.15, 0.2) is 60.2 Å². The van der Waals surface area contributed by atoms with E-state index in [4.69, 9.17) is 5.41 Å². The number of hydrogen-bond acceptors (Lipinski definition) is 3. The second-order valence-electron chi connectivity index (χ2n) is 4.55. The number of ketones is 2. The number of Topliss-reactive ketones (excluding diaryl/α,β-unsaturated/α-hetero) is 2. The summed E-state index contributed by atoms with van der Waals surface area (Å²) in [5.41, 5.74) is 1.40. The average Bonchev–Trinajstić information content (AvgIpc) is 2.50. The van der Waals surface area contributed by atoms with Crippen LogP contribution in [0, 0.1) is 5.41 Å². The lowest BCUT2D eigenvalue weighted by Crippen LogP contribution is -2.29. The lowest BCUT2D eigenvalue weighted by molar-refractivity contribution is 0.0998. The Morgan fingerprint density at radius 2 is 1.30 bits per heavy atom. The monoisotopic (exact) mass is 261 g/mol. The highest BCUT2D eigenvalue weighted by molar-refractivity contribution is 6.61. The number of hydrogen-bond donors (Lipinski definition) is 1. The number of fused-ring (bicyclic) bond motifs is 1. The van der Waals surface area contributed by atoms with E-state index in [0.717, 1.165) is 5.56 Å². The Labute approximate surface area is 116 Å². The van der Waals surface area contributed by atoms with E-state index in [9.17, 15) is 9.59 Å². The summed E-state index contributed by atoms with van der Waals surface area (Å²) in [6.07, 6.45) is 1.60. The van der Waals surface area contributed by atoms with E-state index in [0.29, 0.717) is 11.1 Å². The van der Waals surface area contributed by atoms with E-state index in [1.165, 1.54) is 0 Å². The number of allylic oxidation sites excluding steroid dienone is 1. The van der Waals surface area contributed by atoms with Crippen LogP contribution in [0.5, 0.6) is 0 Å². The van der Waals surface area contributed by atoms with E-state index in [1.807, 2.05) is 30.3 Å². The molecule has 1 N–H and O–H groups in total. The van der Waals surface area contributed by atoms with Gasteiger partial charge in [-0.15, -0.1) is 0 Å². The van der Waals surface area contributed by atoms with Crippen molar-refractivity contribution in [2.45, 2.75) is 0 Å². The van der Waals surface area contributed by atoms with Crippen LogP contribution in [-0.2, 0) is 0 Å². The van der Waals surface area contributed by atoms with Crippen molar-refractivity contribution in [1.82, 2.24) is 0 Å². The molecule has 0 spiro atoms. The molecule has 3 heteroatoms. The molecular weight excluding hydrogens is 250 g/mol. The van der Waals surface area contributed by atoms with Crippen molar-refractivity contribution in [3.05, 3.63) is 76.9 Å². The number of rotatable bonds is 1. The highest BCUT2D eigenvalue weighted by Gasteiger charge is 2.32. The third kappa shape index (κ3) is 1.89. The lowest BCUT2D eigenvalue weighted by Gasteiger charge is -2.17. The number of carbonyl (C=O) groups is 2. The van der Waals surface area contributed by atoms with E-state index >= 15 is 0 Å². The van der Waals surface area contributed by atoms with E-state index in [2.05, 4.69) is 0 Å². The van der Waals surface area contributed by atoms with Gasteiger partial charge in [0, 0.05) is 11.1 Å². The molecule has 20 heavy (non-hydrogen) atoms. The quantitative estimate of drug-likeness (QED) is 0.801. The second-order valence-corrected chi connectivity index (χ2v) is 4.55. The van der Waals surface area contributed by atoms with Gasteiger partial charge in [0.05, 0.1) is 5.57 Å². The van der Waals surface area contributed by atoms with Crippen LogP contribution in [0.2, 0.25) is 0 Å². The Bertz CT molecular complexity index is 758. The second kappa shape index (κ2) is 4.70. The molecule has 3 rings (SSSR count). The fourth-order valence-corrected chi connectivity index (χ4v) is 2.25. The summed E-state index contributed by atoms with van der Waals surface area (Å²) in [6.45, 7) is 0. The smallest absolute Gasteiger partial charge is 0.212 e. The molecule has 0 amide bonds. The summed E-state index contributed by atoms with van der Waals surface area (Å²) in [4.78, 5) is 24.6. The first-order valence-electron chi connectivity index (χ1n) is 6.22. The third-order valence-corrected chi connectivity index (χ3v) is 3.27. The molecule has 0 aliphatic heterocycles. The number of nitrogens with one attached hydrogen (secondary N) is 1. The molecule has 1 aliphatic carbocycles. The standard InChI is InChI=1S/C17H11NO2/c18-15-14(10-11-6-2-1-3-7-11)16(19)12-8-4-5-9-13(12)17(15)20/h1-10,18H. The van der Waals surface area contributed by atoms with Crippen LogP contribution >= 0.6 is 0 Å². The van der Waals surface area contributed by atoms with E-state index in [-0.39, 0.29) is 17.1 Å². The van der Waals surface area contributed by atoms with Gasteiger partial charge in [-0.1, -0.05) is 54.6 Å². The van der Waals surface area contributed by atoms with Crippen molar-refractivity contribution in [2.75, 3.05) is 0 Å². The zero-order chi connectivity index (χ0) is 14.1. The Kier molecular flexibility index (Phi) is 2.88. The predicted molar refractivity (Wildman–Crippen MR) is 77.2 cm³/mol. The summed E-state index contributed by atoms with van der Waals surface area (Å²) in [5.74, 6) is -0.670. The summed E-state index contributed by atoms with van der Waals surface area (Å²) in [7, 11) is 0. The molecule has 1 aliphatic rings. The lowest BCUT2D eigenvalue weighted by atomic mass is 9.83. The molecule has 0 saturated heterocycles. The molecule has 3 nitrogen and oxygen atoms in total. The van der Waals surface area contributed by atoms with Gasteiger partial charge < -0.3 is 0 Å². The molecule has 0 heterocycles. The maximum atomic E-state index is 12.4. The van der Waals surface area contributed by atoms with Crippen molar-refractivity contribution in [3.63, 3.8) is 0 Å². The van der Waals surface area contributed by atoms with Crippen molar-refractivity contribution < 1.29 is 9.59 Å². The molecule has 0 fully saturated rings. The minimum Gasteiger partial charge on any atom is -0.296 e. The maximum Gasteiger partial charge on any atom is 0.212 e. The van der Waals surface area contributed by atoms with Gasteiger partial charge in [0.1, 0.15) is 5.71 Å². The van der Waals surface area contributed by atoms with Gasteiger partial charge in [-0.05, 0) is 11.6 Å². The molecule has 96 valence electrons. The maximum absolute atomic E-state index is 12.4. The molecule has 0 aromatic heterocycles. The van der Waals surface area contributed by atoms with Gasteiger partial charge in [-0.25, -0.2) is 0 Å². The minimum atomic E-state index is -0.401. The molecule has 2 aromatic rings.